The average molecular weight is 369 g/mol. The van der Waals surface area contributed by atoms with Crippen molar-refractivity contribution in [3.05, 3.63) is 69.8 Å². The summed E-state index contributed by atoms with van der Waals surface area (Å²) in [6.45, 7) is 0.615. The van der Waals surface area contributed by atoms with Crippen LogP contribution in [0.3, 0.4) is 0 Å². The van der Waals surface area contributed by atoms with Gasteiger partial charge in [0.1, 0.15) is 6.33 Å². The molecule has 0 radical (unpaired) electrons. The molecule has 3 aromatic rings. The van der Waals surface area contributed by atoms with Gasteiger partial charge in [0.2, 0.25) is 11.6 Å². The molecule has 2 aromatic heterocycles. The molecule has 0 atom stereocenters. The molecule has 0 spiro atoms. The number of rotatable bonds is 4. The summed E-state index contributed by atoms with van der Waals surface area (Å²) < 4.78 is 0. The van der Waals surface area contributed by atoms with E-state index in [4.69, 9.17) is 11.6 Å². The van der Waals surface area contributed by atoms with Gasteiger partial charge in [0.05, 0.1) is 10.6 Å². The van der Waals surface area contributed by atoms with Gasteiger partial charge in [-0.1, -0.05) is 29.8 Å². The summed E-state index contributed by atoms with van der Waals surface area (Å²) in [5.41, 5.74) is 2.28. The SMILES string of the molecule is O=[N+]([O-])c1c(Nc2cccnc2Cl)ncnc1N1CCc2ccccc21. The number of nitrogens with one attached hydrogen (secondary N) is 1. The maximum absolute atomic E-state index is 11.8. The quantitative estimate of drug-likeness (QED) is 0.424. The van der Waals surface area contributed by atoms with Crippen molar-refractivity contribution >= 4 is 40.3 Å². The van der Waals surface area contributed by atoms with E-state index in [9.17, 15) is 10.1 Å². The van der Waals surface area contributed by atoms with Crippen molar-refractivity contribution in [1.82, 2.24) is 15.0 Å². The van der Waals surface area contributed by atoms with E-state index in [-0.39, 0.29) is 22.5 Å². The standard InChI is InChI=1S/C17H13ClN6O2/c18-15-12(5-3-8-19-15)22-16-14(24(25)26)17(21-10-20-16)23-9-7-11-4-1-2-6-13(11)23/h1-6,8,10H,7,9H2,(H,20,21,22). The Hall–Kier alpha value is -3.26. The zero-order chi connectivity index (χ0) is 18.1. The molecule has 0 saturated heterocycles. The molecule has 0 saturated carbocycles. The lowest BCUT2D eigenvalue weighted by atomic mass is 10.2. The van der Waals surface area contributed by atoms with Crippen molar-refractivity contribution in [3.63, 3.8) is 0 Å². The first-order valence-corrected chi connectivity index (χ1v) is 8.25. The number of anilines is 4. The number of pyridine rings is 1. The fourth-order valence-electron chi connectivity index (χ4n) is 2.99. The van der Waals surface area contributed by atoms with Gasteiger partial charge in [-0.15, -0.1) is 0 Å². The van der Waals surface area contributed by atoms with Gasteiger partial charge in [0, 0.05) is 18.4 Å². The van der Waals surface area contributed by atoms with E-state index in [1.165, 1.54) is 12.5 Å². The second-order valence-electron chi connectivity index (χ2n) is 5.65. The van der Waals surface area contributed by atoms with Crippen LogP contribution >= 0.6 is 11.6 Å². The molecular weight excluding hydrogens is 356 g/mol. The predicted molar refractivity (Wildman–Crippen MR) is 98.4 cm³/mol. The second kappa shape index (κ2) is 6.57. The van der Waals surface area contributed by atoms with Crippen molar-refractivity contribution in [2.24, 2.45) is 0 Å². The maximum Gasteiger partial charge on any atom is 0.354 e. The highest BCUT2D eigenvalue weighted by Crippen LogP contribution is 2.41. The Labute approximate surface area is 153 Å². The highest BCUT2D eigenvalue weighted by molar-refractivity contribution is 6.32. The third-order valence-corrected chi connectivity index (χ3v) is 4.44. The molecule has 1 aromatic carbocycles. The number of hydrogen-bond acceptors (Lipinski definition) is 7. The van der Waals surface area contributed by atoms with E-state index >= 15 is 0 Å². The van der Waals surface area contributed by atoms with Gasteiger partial charge >= 0.3 is 5.69 Å². The maximum atomic E-state index is 11.8. The van der Waals surface area contributed by atoms with Gasteiger partial charge in [-0.05, 0) is 30.2 Å². The minimum Gasteiger partial charge on any atom is -0.332 e. The Morgan fingerprint density at radius 1 is 1.15 bits per heavy atom. The molecule has 0 bridgehead atoms. The van der Waals surface area contributed by atoms with E-state index < -0.39 is 4.92 Å². The van der Waals surface area contributed by atoms with E-state index in [1.807, 2.05) is 29.2 Å². The fraction of sp³-hybridized carbons (Fsp3) is 0.118. The summed E-state index contributed by atoms with van der Waals surface area (Å²) in [6, 6.07) is 11.1. The van der Waals surface area contributed by atoms with Crippen LogP contribution in [0.15, 0.2) is 48.9 Å². The number of nitro groups is 1. The molecule has 26 heavy (non-hydrogen) atoms. The number of nitrogens with zero attached hydrogens (tertiary/aromatic N) is 5. The lowest BCUT2D eigenvalue weighted by Crippen LogP contribution is -2.17. The van der Waals surface area contributed by atoms with Crippen LogP contribution in [0.4, 0.5) is 28.7 Å². The highest BCUT2D eigenvalue weighted by Gasteiger charge is 2.31. The molecule has 4 rings (SSSR count). The Morgan fingerprint density at radius 3 is 2.81 bits per heavy atom. The number of halogens is 1. The lowest BCUT2D eigenvalue weighted by Gasteiger charge is -2.19. The summed E-state index contributed by atoms with van der Waals surface area (Å²) in [7, 11) is 0. The smallest absolute Gasteiger partial charge is 0.332 e. The molecule has 0 unspecified atom stereocenters. The molecule has 0 amide bonds. The molecule has 0 fully saturated rings. The minimum absolute atomic E-state index is 0.0688. The Kier molecular flexibility index (Phi) is 4.10. The van der Waals surface area contributed by atoms with Crippen LogP contribution in [0.2, 0.25) is 5.15 Å². The van der Waals surface area contributed by atoms with Crippen molar-refractivity contribution < 1.29 is 4.92 Å². The first-order valence-electron chi connectivity index (χ1n) is 7.87. The highest BCUT2D eigenvalue weighted by atomic mass is 35.5. The van der Waals surface area contributed by atoms with Gasteiger partial charge in [0.25, 0.3) is 0 Å². The molecule has 8 nitrogen and oxygen atoms in total. The van der Waals surface area contributed by atoms with Crippen LogP contribution in [0.5, 0.6) is 0 Å². The summed E-state index contributed by atoms with van der Waals surface area (Å²) in [5.74, 6) is 0.316. The number of para-hydroxylation sites is 1. The molecule has 1 N–H and O–H groups in total. The summed E-state index contributed by atoms with van der Waals surface area (Å²) in [4.78, 5) is 25.3. The van der Waals surface area contributed by atoms with E-state index in [0.717, 1.165) is 17.7 Å². The topological polar surface area (TPSA) is 97.1 Å². The van der Waals surface area contributed by atoms with E-state index in [2.05, 4.69) is 20.3 Å². The number of fused-ring (bicyclic) bond motifs is 1. The minimum atomic E-state index is -0.483. The molecule has 1 aliphatic heterocycles. The predicted octanol–water partition coefficient (Wildman–Crippen LogP) is 3.87. The van der Waals surface area contributed by atoms with E-state index in [1.54, 1.807) is 12.1 Å². The van der Waals surface area contributed by atoms with Gasteiger partial charge in [-0.2, -0.15) is 0 Å². The second-order valence-corrected chi connectivity index (χ2v) is 6.01. The lowest BCUT2D eigenvalue weighted by molar-refractivity contribution is -0.383. The van der Waals surface area contributed by atoms with Crippen LogP contribution in [0.25, 0.3) is 0 Å². The zero-order valence-electron chi connectivity index (χ0n) is 13.5. The van der Waals surface area contributed by atoms with Gasteiger partial charge in [-0.3, -0.25) is 10.1 Å². The summed E-state index contributed by atoms with van der Waals surface area (Å²) in [6.07, 6.45) is 3.64. The average Bonchev–Trinajstić information content (AvgIpc) is 3.07. The van der Waals surface area contributed by atoms with Crippen LogP contribution in [-0.4, -0.2) is 26.4 Å². The zero-order valence-corrected chi connectivity index (χ0v) is 14.2. The summed E-state index contributed by atoms with van der Waals surface area (Å²) in [5, 5.41) is 14.9. The number of aromatic nitrogens is 3. The van der Waals surface area contributed by atoms with E-state index in [0.29, 0.717) is 12.2 Å². The monoisotopic (exact) mass is 368 g/mol. The summed E-state index contributed by atoms with van der Waals surface area (Å²) >= 11 is 6.04. The molecular formula is C17H13ClN6O2. The Balaban J connectivity index is 1.80. The first kappa shape index (κ1) is 16.2. The normalized spacial score (nSPS) is 12.7. The molecule has 0 aliphatic carbocycles. The first-order chi connectivity index (χ1) is 12.6. The third kappa shape index (κ3) is 2.80. The number of hydrogen-bond donors (Lipinski definition) is 1. The van der Waals surface area contributed by atoms with Crippen molar-refractivity contribution in [3.8, 4) is 0 Å². The molecule has 1 aliphatic rings. The van der Waals surface area contributed by atoms with Crippen molar-refractivity contribution in [2.75, 3.05) is 16.8 Å². The van der Waals surface area contributed by atoms with Crippen LogP contribution < -0.4 is 10.2 Å². The van der Waals surface area contributed by atoms with Gasteiger partial charge in [0.15, 0.2) is 5.15 Å². The van der Waals surface area contributed by atoms with Crippen LogP contribution in [0.1, 0.15) is 5.56 Å². The third-order valence-electron chi connectivity index (χ3n) is 4.14. The van der Waals surface area contributed by atoms with Crippen molar-refractivity contribution in [1.29, 1.82) is 0 Å². The van der Waals surface area contributed by atoms with Gasteiger partial charge < -0.3 is 10.2 Å². The Bertz CT molecular complexity index is 996. The molecule has 9 heteroatoms. The van der Waals surface area contributed by atoms with Crippen LogP contribution in [0, 0.1) is 10.1 Å². The van der Waals surface area contributed by atoms with Crippen molar-refractivity contribution in [2.45, 2.75) is 6.42 Å². The largest absolute Gasteiger partial charge is 0.354 e. The van der Waals surface area contributed by atoms with Crippen LogP contribution in [-0.2, 0) is 6.42 Å². The molecule has 130 valence electrons. The number of benzene rings is 1. The van der Waals surface area contributed by atoms with Gasteiger partial charge in [-0.25, -0.2) is 15.0 Å². The fourth-order valence-corrected chi connectivity index (χ4v) is 3.16. The molecule has 3 heterocycles. The Morgan fingerprint density at radius 2 is 2.00 bits per heavy atom.